The second kappa shape index (κ2) is 7.16. The van der Waals surface area contributed by atoms with Crippen LogP contribution in [0.5, 0.6) is 0 Å². The molecule has 0 aliphatic carbocycles. The normalized spacial score (nSPS) is 9.84. The fraction of sp³-hybridized carbons (Fsp3) is 0.333. The van der Waals surface area contributed by atoms with Crippen LogP contribution in [0.25, 0.3) is 0 Å². The van der Waals surface area contributed by atoms with E-state index >= 15 is 0 Å². The lowest BCUT2D eigenvalue weighted by Crippen LogP contribution is -2.37. The number of carbonyl (C=O) groups excluding carboxylic acids is 1. The van der Waals surface area contributed by atoms with E-state index < -0.39 is 0 Å². The van der Waals surface area contributed by atoms with E-state index in [4.69, 9.17) is 29.6 Å². The number of urea groups is 1. The van der Waals surface area contributed by atoms with Crippen LogP contribution in [-0.2, 0) is 0 Å². The van der Waals surface area contributed by atoms with Gasteiger partial charge in [0.15, 0.2) is 0 Å². The molecule has 2 amide bonds. The van der Waals surface area contributed by atoms with Gasteiger partial charge in [0.25, 0.3) is 0 Å². The number of rotatable bonds is 5. The number of nitrogens with two attached hydrogens (primary N) is 1. The smallest absolute Gasteiger partial charge is 0.316 e. The number of nitrogens with one attached hydrogen (secondary N) is 2. The maximum absolute atomic E-state index is 11.3. The van der Waals surface area contributed by atoms with Crippen molar-refractivity contribution in [3.05, 3.63) is 28.8 Å². The molecule has 0 spiro atoms. The zero-order chi connectivity index (χ0) is 14.4. The molecule has 0 aromatic heterocycles. The third kappa shape index (κ3) is 4.92. The zero-order valence-corrected chi connectivity index (χ0v) is 12.4. The molecule has 104 valence electrons. The predicted octanol–water partition coefficient (Wildman–Crippen LogP) is 1.66. The van der Waals surface area contributed by atoms with Gasteiger partial charge in [-0.05, 0) is 18.2 Å². The molecular formula is C12H17ClN4OS. The second-order valence-electron chi connectivity index (χ2n) is 4.11. The summed E-state index contributed by atoms with van der Waals surface area (Å²) >= 11 is 10.9. The Morgan fingerprint density at radius 2 is 2.11 bits per heavy atom. The average molecular weight is 301 g/mol. The molecule has 0 atom stereocenters. The molecule has 1 aromatic rings. The van der Waals surface area contributed by atoms with E-state index in [1.165, 1.54) is 4.90 Å². The monoisotopic (exact) mass is 300 g/mol. The first kappa shape index (κ1) is 15.5. The molecule has 0 radical (unpaired) electrons. The fourth-order valence-corrected chi connectivity index (χ4v) is 1.88. The summed E-state index contributed by atoms with van der Waals surface area (Å²) in [5, 5.41) is 6.40. The largest absolute Gasteiger partial charge is 0.389 e. The van der Waals surface area contributed by atoms with E-state index in [0.29, 0.717) is 23.7 Å². The first-order chi connectivity index (χ1) is 8.91. The van der Waals surface area contributed by atoms with Gasteiger partial charge in [0.05, 0.1) is 5.02 Å². The zero-order valence-electron chi connectivity index (χ0n) is 10.9. The van der Waals surface area contributed by atoms with Crippen LogP contribution in [-0.4, -0.2) is 43.1 Å². The highest BCUT2D eigenvalue weighted by molar-refractivity contribution is 7.80. The maximum Gasteiger partial charge on any atom is 0.316 e. The Morgan fingerprint density at radius 1 is 1.42 bits per heavy atom. The second-order valence-corrected chi connectivity index (χ2v) is 4.96. The van der Waals surface area contributed by atoms with Crippen LogP contribution in [0.2, 0.25) is 5.02 Å². The number of carbonyl (C=O) groups is 1. The van der Waals surface area contributed by atoms with Gasteiger partial charge >= 0.3 is 6.03 Å². The standard InChI is InChI=1S/C12H17ClN4OS/c1-17(2)12(18)16-6-5-15-8-3-4-9(11(14)19)10(13)7-8/h3-4,7,15H,5-6H2,1-2H3,(H2,14,19)(H,16,18). The number of hydrogen-bond acceptors (Lipinski definition) is 3. The van der Waals surface area contributed by atoms with Gasteiger partial charge in [-0.3, -0.25) is 0 Å². The molecule has 0 unspecified atom stereocenters. The van der Waals surface area contributed by atoms with Crippen LogP contribution in [0.3, 0.4) is 0 Å². The van der Waals surface area contributed by atoms with Crippen molar-refractivity contribution in [3.63, 3.8) is 0 Å². The molecule has 0 aliphatic heterocycles. The minimum absolute atomic E-state index is 0.122. The fourth-order valence-electron chi connectivity index (χ4n) is 1.36. The van der Waals surface area contributed by atoms with Crippen molar-refractivity contribution in [3.8, 4) is 0 Å². The van der Waals surface area contributed by atoms with Crippen molar-refractivity contribution in [2.75, 3.05) is 32.5 Å². The van der Waals surface area contributed by atoms with E-state index in [1.54, 1.807) is 26.2 Å². The van der Waals surface area contributed by atoms with Crippen LogP contribution in [0, 0.1) is 0 Å². The molecule has 0 saturated carbocycles. The highest BCUT2D eigenvalue weighted by Gasteiger charge is 2.04. The van der Waals surface area contributed by atoms with E-state index in [9.17, 15) is 4.79 Å². The Balaban J connectivity index is 2.44. The van der Waals surface area contributed by atoms with Crippen molar-refractivity contribution >= 4 is 40.5 Å². The van der Waals surface area contributed by atoms with Gasteiger partial charge in [0, 0.05) is 38.4 Å². The average Bonchev–Trinajstić information content (AvgIpc) is 2.33. The lowest BCUT2D eigenvalue weighted by Gasteiger charge is -2.13. The summed E-state index contributed by atoms with van der Waals surface area (Å²) in [4.78, 5) is 13.0. The Kier molecular flexibility index (Phi) is 5.85. The third-order valence-corrected chi connectivity index (χ3v) is 2.90. The molecule has 0 saturated heterocycles. The summed E-state index contributed by atoms with van der Waals surface area (Å²) in [5.41, 5.74) is 7.03. The van der Waals surface area contributed by atoms with Crippen molar-refractivity contribution < 1.29 is 4.79 Å². The lowest BCUT2D eigenvalue weighted by atomic mass is 10.2. The van der Waals surface area contributed by atoms with Crippen LogP contribution in [0.4, 0.5) is 10.5 Å². The molecule has 1 aromatic carbocycles. The number of benzene rings is 1. The Hall–Kier alpha value is -1.53. The summed E-state index contributed by atoms with van der Waals surface area (Å²) < 4.78 is 0. The highest BCUT2D eigenvalue weighted by atomic mass is 35.5. The number of amides is 2. The van der Waals surface area contributed by atoms with E-state index in [2.05, 4.69) is 10.6 Å². The quantitative estimate of drug-likeness (QED) is 0.571. The van der Waals surface area contributed by atoms with Crippen molar-refractivity contribution in [2.24, 2.45) is 5.73 Å². The molecule has 7 heteroatoms. The molecule has 0 aliphatic rings. The topological polar surface area (TPSA) is 70.4 Å². The molecule has 5 nitrogen and oxygen atoms in total. The van der Waals surface area contributed by atoms with Gasteiger partial charge in [0.1, 0.15) is 4.99 Å². The van der Waals surface area contributed by atoms with E-state index in [-0.39, 0.29) is 11.0 Å². The number of nitrogens with zero attached hydrogens (tertiary/aromatic N) is 1. The van der Waals surface area contributed by atoms with Crippen LogP contribution in [0.1, 0.15) is 5.56 Å². The summed E-state index contributed by atoms with van der Waals surface area (Å²) in [5.74, 6) is 0. The van der Waals surface area contributed by atoms with Gasteiger partial charge in [-0.2, -0.15) is 0 Å². The predicted molar refractivity (Wildman–Crippen MR) is 82.9 cm³/mol. The first-order valence-corrected chi connectivity index (χ1v) is 6.49. The first-order valence-electron chi connectivity index (χ1n) is 5.70. The molecule has 1 rings (SSSR count). The minimum Gasteiger partial charge on any atom is -0.389 e. The third-order valence-electron chi connectivity index (χ3n) is 2.37. The number of halogens is 1. The minimum atomic E-state index is -0.122. The maximum atomic E-state index is 11.3. The summed E-state index contributed by atoms with van der Waals surface area (Å²) in [6, 6.07) is 5.24. The molecule has 19 heavy (non-hydrogen) atoms. The SMILES string of the molecule is CN(C)C(=O)NCCNc1ccc(C(N)=S)c(Cl)c1. The van der Waals surface area contributed by atoms with Gasteiger partial charge in [-0.1, -0.05) is 23.8 Å². The van der Waals surface area contributed by atoms with Crippen molar-refractivity contribution in [1.82, 2.24) is 10.2 Å². The van der Waals surface area contributed by atoms with E-state index in [0.717, 1.165) is 5.69 Å². The molecular weight excluding hydrogens is 284 g/mol. The Morgan fingerprint density at radius 3 is 2.63 bits per heavy atom. The van der Waals surface area contributed by atoms with Gasteiger partial charge in [0.2, 0.25) is 0 Å². The Labute approximate surface area is 123 Å². The van der Waals surface area contributed by atoms with Gasteiger partial charge in [-0.25, -0.2) is 4.79 Å². The number of hydrogen-bond donors (Lipinski definition) is 3. The summed E-state index contributed by atoms with van der Waals surface area (Å²) in [6.07, 6.45) is 0. The molecule has 0 bridgehead atoms. The van der Waals surface area contributed by atoms with Crippen LogP contribution < -0.4 is 16.4 Å². The van der Waals surface area contributed by atoms with Crippen LogP contribution in [0.15, 0.2) is 18.2 Å². The van der Waals surface area contributed by atoms with Crippen LogP contribution >= 0.6 is 23.8 Å². The lowest BCUT2D eigenvalue weighted by molar-refractivity contribution is 0.218. The number of thiocarbonyl (C=S) groups is 1. The summed E-state index contributed by atoms with van der Waals surface area (Å²) in [7, 11) is 3.38. The van der Waals surface area contributed by atoms with Gasteiger partial charge in [-0.15, -0.1) is 0 Å². The van der Waals surface area contributed by atoms with E-state index in [1.807, 2.05) is 6.07 Å². The van der Waals surface area contributed by atoms with Crippen molar-refractivity contribution in [1.29, 1.82) is 0 Å². The van der Waals surface area contributed by atoms with Gasteiger partial charge < -0.3 is 21.3 Å². The summed E-state index contributed by atoms with van der Waals surface area (Å²) in [6.45, 7) is 1.12. The van der Waals surface area contributed by atoms with Crippen molar-refractivity contribution in [2.45, 2.75) is 0 Å². The molecule has 4 N–H and O–H groups in total. The Bertz CT molecular complexity index is 479. The highest BCUT2D eigenvalue weighted by Crippen LogP contribution is 2.20. The number of anilines is 1. The molecule has 0 heterocycles. The molecule has 0 fully saturated rings.